The second kappa shape index (κ2) is 5.77. The van der Waals surface area contributed by atoms with Gasteiger partial charge in [-0.1, -0.05) is 12.1 Å². The molecular formula is C18H16FN3O3. The van der Waals surface area contributed by atoms with Crippen molar-refractivity contribution in [3.8, 4) is 0 Å². The Labute approximate surface area is 143 Å². The fourth-order valence-electron chi connectivity index (χ4n) is 3.23. The number of amides is 3. The summed E-state index contributed by atoms with van der Waals surface area (Å²) < 4.78 is 18.5. The van der Waals surface area contributed by atoms with Crippen molar-refractivity contribution in [1.29, 1.82) is 0 Å². The van der Waals surface area contributed by atoms with Gasteiger partial charge in [-0.15, -0.1) is 0 Å². The quantitative estimate of drug-likeness (QED) is 0.932. The molecule has 128 valence electrons. The van der Waals surface area contributed by atoms with E-state index < -0.39 is 6.04 Å². The molecule has 2 aliphatic heterocycles. The molecule has 3 amide bonds. The van der Waals surface area contributed by atoms with E-state index in [1.807, 2.05) is 0 Å². The van der Waals surface area contributed by atoms with E-state index in [4.69, 9.17) is 4.42 Å². The Morgan fingerprint density at radius 1 is 1.24 bits per heavy atom. The van der Waals surface area contributed by atoms with Crippen LogP contribution in [-0.2, 0) is 11.3 Å². The Kier molecular flexibility index (Phi) is 3.56. The van der Waals surface area contributed by atoms with E-state index in [2.05, 4.69) is 5.32 Å². The number of nitrogens with one attached hydrogen (secondary N) is 1. The van der Waals surface area contributed by atoms with Gasteiger partial charge < -0.3 is 14.6 Å². The van der Waals surface area contributed by atoms with Crippen molar-refractivity contribution in [1.82, 2.24) is 15.1 Å². The van der Waals surface area contributed by atoms with Crippen molar-refractivity contribution in [2.75, 3.05) is 13.6 Å². The van der Waals surface area contributed by atoms with Crippen molar-refractivity contribution in [2.45, 2.75) is 12.6 Å². The van der Waals surface area contributed by atoms with Crippen molar-refractivity contribution < 1.29 is 18.4 Å². The first-order valence-corrected chi connectivity index (χ1v) is 7.89. The lowest BCUT2D eigenvalue weighted by molar-refractivity contribution is -0.126. The standard InChI is InChI=1S/C18H16FN3O3/c1-21-13-10-22(9-11-4-6-12(19)7-5-11)17(23)15(13)16(20-18(21)24)14-3-2-8-25-14/h2-8,16H,9-10H2,1H3,(H,20,24). The van der Waals surface area contributed by atoms with Gasteiger partial charge in [0.25, 0.3) is 5.91 Å². The summed E-state index contributed by atoms with van der Waals surface area (Å²) in [6, 6.07) is 8.61. The third-order valence-corrected chi connectivity index (χ3v) is 4.55. The summed E-state index contributed by atoms with van der Waals surface area (Å²) >= 11 is 0. The lowest BCUT2D eigenvalue weighted by Crippen LogP contribution is -2.45. The highest BCUT2D eigenvalue weighted by Gasteiger charge is 2.43. The van der Waals surface area contributed by atoms with Crippen LogP contribution in [0.2, 0.25) is 0 Å². The smallest absolute Gasteiger partial charge is 0.322 e. The lowest BCUT2D eigenvalue weighted by Gasteiger charge is -2.29. The number of benzene rings is 1. The average Bonchev–Trinajstić information content (AvgIpc) is 3.23. The minimum absolute atomic E-state index is 0.160. The monoisotopic (exact) mass is 341 g/mol. The predicted molar refractivity (Wildman–Crippen MR) is 86.6 cm³/mol. The molecular weight excluding hydrogens is 325 g/mol. The SMILES string of the molecule is CN1C(=O)NC(c2ccco2)C2=C1CN(Cc1ccc(F)cc1)C2=O. The maximum Gasteiger partial charge on any atom is 0.322 e. The minimum atomic E-state index is -0.598. The number of rotatable bonds is 3. The van der Waals surface area contributed by atoms with Crippen LogP contribution in [0.3, 0.4) is 0 Å². The van der Waals surface area contributed by atoms with E-state index in [-0.39, 0.29) is 17.8 Å². The maximum absolute atomic E-state index is 13.1. The van der Waals surface area contributed by atoms with Crippen LogP contribution in [0.15, 0.2) is 58.3 Å². The molecule has 2 aliphatic rings. The van der Waals surface area contributed by atoms with Crippen LogP contribution in [0.5, 0.6) is 0 Å². The number of likely N-dealkylation sites (N-methyl/N-ethyl adjacent to an activating group) is 1. The number of carbonyl (C=O) groups excluding carboxylic acids is 2. The second-order valence-electron chi connectivity index (χ2n) is 6.10. The molecule has 0 fully saturated rings. The van der Waals surface area contributed by atoms with E-state index in [1.165, 1.54) is 23.3 Å². The Bertz CT molecular complexity index is 858. The van der Waals surface area contributed by atoms with Crippen molar-refractivity contribution >= 4 is 11.9 Å². The van der Waals surface area contributed by atoms with Gasteiger partial charge in [-0.2, -0.15) is 0 Å². The fraction of sp³-hybridized carbons (Fsp3) is 0.222. The average molecular weight is 341 g/mol. The van der Waals surface area contributed by atoms with Gasteiger partial charge in [-0.3, -0.25) is 9.69 Å². The molecule has 6 nitrogen and oxygen atoms in total. The fourth-order valence-corrected chi connectivity index (χ4v) is 3.23. The first-order valence-electron chi connectivity index (χ1n) is 7.89. The first kappa shape index (κ1) is 15.4. The summed E-state index contributed by atoms with van der Waals surface area (Å²) in [7, 11) is 1.64. The van der Waals surface area contributed by atoms with E-state index in [0.29, 0.717) is 30.1 Å². The van der Waals surface area contributed by atoms with Crippen LogP contribution in [0, 0.1) is 5.82 Å². The molecule has 2 aromatic rings. The first-order chi connectivity index (χ1) is 12.0. The molecule has 3 heterocycles. The summed E-state index contributed by atoms with van der Waals surface area (Å²) in [5, 5.41) is 2.80. The van der Waals surface area contributed by atoms with Crippen molar-refractivity contribution in [3.63, 3.8) is 0 Å². The number of halogens is 1. The molecule has 4 rings (SSSR count). The minimum Gasteiger partial charge on any atom is -0.467 e. The van der Waals surface area contributed by atoms with Crippen molar-refractivity contribution in [2.24, 2.45) is 0 Å². The Hall–Kier alpha value is -3.09. The molecule has 0 spiro atoms. The normalized spacial score (nSPS) is 20.2. The molecule has 1 aromatic heterocycles. The van der Waals surface area contributed by atoms with Crippen LogP contribution in [-0.4, -0.2) is 35.3 Å². The molecule has 0 aliphatic carbocycles. The maximum atomic E-state index is 13.1. The van der Waals surface area contributed by atoms with Crippen LogP contribution in [0.1, 0.15) is 17.4 Å². The zero-order valence-corrected chi connectivity index (χ0v) is 13.5. The number of nitrogens with zero attached hydrogens (tertiary/aromatic N) is 2. The van der Waals surface area contributed by atoms with Gasteiger partial charge in [-0.25, -0.2) is 9.18 Å². The Morgan fingerprint density at radius 3 is 2.68 bits per heavy atom. The molecule has 0 saturated carbocycles. The molecule has 1 aromatic carbocycles. The van der Waals surface area contributed by atoms with Crippen LogP contribution in [0.4, 0.5) is 9.18 Å². The molecule has 0 saturated heterocycles. The van der Waals surface area contributed by atoms with E-state index >= 15 is 0 Å². The van der Waals surface area contributed by atoms with E-state index in [1.54, 1.807) is 36.2 Å². The van der Waals surface area contributed by atoms with Crippen LogP contribution in [0.25, 0.3) is 0 Å². The van der Waals surface area contributed by atoms with E-state index in [9.17, 15) is 14.0 Å². The topological polar surface area (TPSA) is 65.8 Å². The third-order valence-electron chi connectivity index (χ3n) is 4.55. The van der Waals surface area contributed by atoms with Crippen molar-refractivity contribution in [3.05, 3.63) is 71.1 Å². The molecule has 25 heavy (non-hydrogen) atoms. The number of hydrogen-bond donors (Lipinski definition) is 1. The summed E-state index contributed by atoms with van der Waals surface area (Å²) in [6.45, 7) is 0.672. The molecule has 1 atom stereocenters. The van der Waals surface area contributed by atoms with Gasteiger partial charge in [0.1, 0.15) is 17.6 Å². The predicted octanol–water partition coefficient (Wildman–Crippen LogP) is 2.41. The molecule has 1 unspecified atom stereocenters. The lowest BCUT2D eigenvalue weighted by atomic mass is 10.0. The Morgan fingerprint density at radius 2 is 2.00 bits per heavy atom. The van der Waals surface area contributed by atoms with Gasteiger partial charge in [0.15, 0.2) is 0 Å². The molecule has 1 N–H and O–H groups in total. The summed E-state index contributed by atoms with van der Waals surface area (Å²) in [4.78, 5) is 28.3. The number of hydrogen-bond acceptors (Lipinski definition) is 3. The molecule has 0 radical (unpaired) electrons. The second-order valence-corrected chi connectivity index (χ2v) is 6.10. The summed E-state index contributed by atoms with van der Waals surface area (Å²) in [5.41, 5.74) is 2.00. The summed E-state index contributed by atoms with van der Waals surface area (Å²) in [6.07, 6.45) is 1.51. The van der Waals surface area contributed by atoms with Gasteiger partial charge in [0.2, 0.25) is 0 Å². The zero-order chi connectivity index (χ0) is 17.6. The largest absolute Gasteiger partial charge is 0.467 e. The van der Waals surface area contributed by atoms with Gasteiger partial charge in [-0.05, 0) is 29.8 Å². The molecule has 0 bridgehead atoms. The number of furan rings is 1. The highest BCUT2D eigenvalue weighted by atomic mass is 19.1. The molecule has 7 heteroatoms. The highest BCUT2D eigenvalue weighted by molar-refractivity contribution is 6.01. The van der Waals surface area contributed by atoms with Gasteiger partial charge in [0, 0.05) is 13.6 Å². The number of carbonyl (C=O) groups is 2. The zero-order valence-electron chi connectivity index (χ0n) is 13.5. The van der Waals surface area contributed by atoms with Gasteiger partial charge in [0.05, 0.1) is 24.1 Å². The highest BCUT2D eigenvalue weighted by Crippen LogP contribution is 2.36. The van der Waals surface area contributed by atoms with Crippen LogP contribution < -0.4 is 5.32 Å². The number of urea groups is 1. The van der Waals surface area contributed by atoms with Crippen LogP contribution >= 0.6 is 0 Å². The third kappa shape index (κ3) is 2.57. The summed E-state index contributed by atoms with van der Waals surface area (Å²) in [5.74, 6) is 0.0415. The van der Waals surface area contributed by atoms with Gasteiger partial charge >= 0.3 is 6.03 Å². The Balaban J connectivity index is 1.64. The van der Waals surface area contributed by atoms with E-state index in [0.717, 1.165) is 5.56 Å².